The summed E-state index contributed by atoms with van der Waals surface area (Å²) in [6.45, 7) is 6.13. The van der Waals surface area contributed by atoms with E-state index >= 15 is 0 Å². The van der Waals surface area contributed by atoms with Gasteiger partial charge in [-0.05, 0) is 32.2 Å². The lowest BCUT2D eigenvalue weighted by atomic mass is 9.93. The average Bonchev–Trinajstić information content (AvgIpc) is 3.08. The predicted octanol–water partition coefficient (Wildman–Crippen LogP) is 3.83. The van der Waals surface area contributed by atoms with Crippen LogP contribution >= 0.6 is 11.8 Å². The number of thioether (sulfide) groups is 1. The molecule has 1 amide bonds. The van der Waals surface area contributed by atoms with Gasteiger partial charge in [0.1, 0.15) is 5.82 Å². The molecule has 2 aliphatic rings. The Morgan fingerprint density at radius 1 is 1.31 bits per heavy atom. The second-order valence-corrected chi connectivity index (χ2v) is 7.56. The molecule has 3 rings (SSSR count). The zero-order valence-electron chi connectivity index (χ0n) is 16.9. The molecule has 1 atom stereocenters. The summed E-state index contributed by atoms with van der Waals surface area (Å²) in [7, 11) is 1.73. The molecule has 0 saturated carbocycles. The first kappa shape index (κ1) is 21.1. The number of allylic oxidation sites excluding steroid dienone is 1. The van der Waals surface area contributed by atoms with Crippen molar-refractivity contribution in [2.45, 2.75) is 33.2 Å². The van der Waals surface area contributed by atoms with Gasteiger partial charge < -0.3 is 14.5 Å². The number of amides is 1. The highest BCUT2D eigenvalue weighted by Gasteiger charge is 2.42. The van der Waals surface area contributed by atoms with Gasteiger partial charge in [-0.1, -0.05) is 30.0 Å². The van der Waals surface area contributed by atoms with E-state index in [9.17, 15) is 14.0 Å². The summed E-state index contributed by atoms with van der Waals surface area (Å²) < 4.78 is 20.1. The number of aliphatic imine (C=N–C) groups is 1. The van der Waals surface area contributed by atoms with Crippen LogP contribution in [0.3, 0.4) is 0 Å². The average molecular weight is 418 g/mol. The lowest BCUT2D eigenvalue weighted by Crippen LogP contribution is -2.38. The topological polar surface area (TPSA) is 62.2 Å². The fraction of sp³-hybridized carbons (Fsp3) is 0.381. The summed E-state index contributed by atoms with van der Waals surface area (Å²) in [6, 6.07) is 5.60. The molecule has 1 aromatic carbocycles. The number of ether oxygens (including phenoxy) is 1. The van der Waals surface area contributed by atoms with Crippen LogP contribution in [0.25, 0.3) is 0 Å². The van der Waals surface area contributed by atoms with Gasteiger partial charge in [0.2, 0.25) is 5.91 Å². The van der Waals surface area contributed by atoms with Crippen molar-refractivity contribution >= 4 is 28.8 Å². The number of rotatable bonds is 6. The van der Waals surface area contributed by atoms with Crippen molar-refractivity contribution < 1.29 is 18.7 Å². The van der Waals surface area contributed by atoms with Gasteiger partial charge >= 0.3 is 5.97 Å². The normalized spacial score (nSPS) is 18.2. The van der Waals surface area contributed by atoms with E-state index in [-0.39, 0.29) is 24.5 Å². The fourth-order valence-corrected chi connectivity index (χ4v) is 4.26. The molecule has 1 aromatic rings. The number of amidine groups is 1. The molecule has 6 nitrogen and oxygen atoms in total. The molecule has 2 aliphatic heterocycles. The van der Waals surface area contributed by atoms with Crippen molar-refractivity contribution in [2.75, 3.05) is 20.2 Å². The SMILES string of the molecule is CCOC(=O)C1=C(C)N=C2SC=C(CC(=O)N(C)CC)N2C1c1ccccc1F. The van der Waals surface area contributed by atoms with Crippen molar-refractivity contribution in [1.82, 2.24) is 9.80 Å². The summed E-state index contributed by atoms with van der Waals surface area (Å²) in [5.74, 6) is -1.02. The van der Waals surface area contributed by atoms with Crippen LogP contribution in [0.2, 0.25) is 0 Å². The maximum Gasteiger partial charge on any atom is 0.338 e. The molecule has 0 fully saturated rings. The number of benzene rings is 1. The maximum atomic E-state index is 14.8. The van der Waals surface area contributed by atoms with Crippen LogP contribution in [-0.4, -0.2) is 47.0 Å². The number of halogens is 1. The molecule has 8 heteroatoms. The Labute approximate surface area is 174 Å². The van der Waals surface area contributed by atoms with Crippen LogP contribution in [0.5, 0.6) is 0 Å². The van der Waals surface area contributed by atoms with Crippen molar-refractivity contribution in [3.05, 3.63) is 58.0 Å². The van der Waals surface area contributed by atoms with E-state index in [1.165, 1.54) is 17.8 Å². The highest BCUT2D eigenvalue weighted by molar-refractivity contribution is 8.16. The van der Waals surface area contributed by atoms with Crippen LogP contribution in [0, 0.1) is 5.82 Å². The lowest BCUT2D eigenvalue weighted by molar-refractivity contribution is -0.139. The van der Waals surface area contributed by atoms with Crippen LogP contribution < -0.4 is 0 Å². The van der Waals surface area contributed by atoms with Crippen LogP contribution in [0.15, 0.2) is 51.6 Å². The number of hydrogen-bond donors (Lipinski definition) is 0. The van der Waals surface area contributed by atoms with Gasteiger partial charge in [0, 0.05) is 24.9 Å². The molecule has 2 heterocycles. The molecular formula is C21H24FN3O3S. The molecule has 29 heavy (non-hydrogen) atoms. The molecule has 0 N–H and O–H groups in total. The van der Waals surface area contributed by atoms with Gasteiger partial charge in [0.25, 0.3) is 0 Å². The zero-order chi connectivity index (χ0) is 21.1. The van der Waals surface area contributed by atoms with Crippen LogP contribution in [0.1, 0.15) is 38.8 Å². The van der Waals surface area contributed by atoms with E-state index in [2.05, 4.69) is 4.99 Å². The number of hydrogen-bond acceptors (Lipinski definition) is 6. The number of carbonyl (C=O) groups is 2. The second-order valence-electron chi connectivity index (χ2n) is 6.72. The second kappa shape index (κ2) is 8.82. The van der Waals surface area contributed by atoms with Gasteiger partial charge in [-0.25, -0.2) is 14.2 Å². The Morgan fingerprint density at radius 3 is 2.69 bits per heavy atom. The van der Waals surface area contributed by atoms with Gasteiger partial charge in [-0.2, -0.15) is 0 Å². The monoisotopic (exact) mass is 417 g/mol. The van der Waals surface area contributed by atoms with Crippen molar-refractivity contribution in [2.24, 2.45) is 4.99 Å². The minimum Gasteiger partial charge on any atom is -0.463 e. The summed E-state index contributed by atoms with van der Waals surface area (Å²) in [4.78, 5) is 33.2. The number of carbonyl (C=O) groups excluding carboxylic acids is 2. The maximum absolute atomic E-state index is 14.8. The highest BCUT2D eigenvalue weighted by atomic mass is 32.2. The quantitative estimate of drug-likeness (QED) is 0.659. The van der Waals surface area contributed by atoms with Crippen molar-refractivity contribution in [3.8, 4) is 0 Å². The van der Waals surface area contributed by atoms with E-state index in [0.717, 1.165) is 0 Å². The van der Waals surface area contributed by atoms with E-state index < -0.39 is 17.8 Å². The van der Waals surface area contributed by atoms with Gasteiger partial charge in [0.05, 0.1) is 30.3 Å². The molecule has 0 spiro atoms. The summed E-state index contributed by atoms with van der Waals surface area (Å²) >= 11 is 1.37. The largest absolute Gasteiger partial charge is 0.463 e. The fourth-order valence-electron chi connectivity index (χ4n) is 3.30. The van der Waals surface area contributed by atoms with E-state index in [4.69, 9.17) is 4.74 Å². The molecule has 0 saturated heterocycles. The molecule has 0 aromatic heterocycles. The van der Waals surface area contributed by atoms with Crippen LogP contribution in [-0.2, 0) is 14.3 Å². The number of esters is 1. The third kappa shape index (κ3) is 4.07. The van der Waals surface area contributed by atoms with Gasteiger partial charge in [0.15, 0.2) is 5.17 Å². The smallest absolute Gasteiger partial charge is 0.338 e. The molecule has 0 bridgehead atoms. The van der Waals surface area contributed by atoms with Gasteiger partial charge in [-0.15, -0.1) is 0 Å². The molecule has 154 valence electrons. The predicted molar refractivity (Wildman–Crippen MR) is 111 cm³/mol. The lowest BCUT2D eigenvalue weighted by Gasteiger charge is -2.36. The minimum atomic E-state index is -0.747. The Kier molecular flexibility index (Phi) is 6.42. The molecule has 1 unspecified atom stereocenters. The first-order chi connectivity index (χ1) is 13.9. The minimum absolute atomic E-state index is 0.0585. The summed E-state index contributed by atoms with van der Waals surface area (Å²) in [5.41, 5.74) is 1.79. The third-order valence-corrected chi connectivity index (χ3v) is 5.82. The zero-order valence-corrected chi connectivity index (χ0v) is 17.8. The molecule has 0 radical (unpaired) electrons. The Balaban J connectivity index is 2.08. The van der Waals surface area contributed by atoms with E-state index in [1.54, 1.807) is 48.9 Å². The Bertz CT molecular complexity index is 926. The van der Waals surface area contributed by atoms with E-state index in [1.807, 2.05) is 12.3 Å². The standard InChI is InChI=1S/C21H24FN3O3S/c1-5-24(4)17(26)11-14-12-29-21-23-13(3)18(20(27)28-6-2)19(25(14)21)15-9-7-8-10-16(15)22/h7-10,12,19H,5-6,11H2,1-4H3. The number of nitrogens with zero attached hydrogens (tertiary/aromatic N) is 3. The highest BCUT2D eigenvalue weighted by Crippen LogP contribution is 2.45. The Hall–Kier alpha value is -2.61. The van der Waals surface area contributed by atoms with Gasteiger partial charge in [-0.3, -0.25) is 4.79 Å². The molecule has 0 aliphatic carbocycles. The van der Waals surface area contributed by atoms with Crippen molar-refractivity contribution in [3.63, 3.8) is 0 Å². The number of fused-ring (bicyclic) bond motifs is 1. The first-order valence-corrected chi connectivity index (χ1v) is 10.4. The summed E-state index contributed by atoms with van der Waals surface area (Å²) in [6.07, 6.45) is 0.135. The van der Waals surface area contributed by atoms with E-state index in [0.29, 0.717) is 28.7 Å². The van der Waals surface area contributed by atoms with Crippen LogP contribution in [0.4, 0.5) is 4.39 Å². The first-order valence-electron chi connectivity index (χ1n) is 9.48. The summed E-state index contributed by atoms with van der Waals surface area (Å²) in [5, 5.41) is 2.46. The molecular weight excluding hydrogens is 393 g/mol. The Morgan fingerprint density at radius 2 is 2.03 bits per heavy atom. The third-order valence-electron chi connectivity index (χ3n) is 4.93. The van der Waals surface area contributed by atoms with Crippen molar-refractivity contribution in [1.29, 1.82) is 0 Å².